The molecule has 6 nitrogen and oxygen atoms in total. The van der Waals surface area contributed by atoms with E-state index in [0.29, 0.717) is 13.1 Å². The van der Waals surface area contributed by atoms with Gasteiger partial charge in [-0.05, 0) is 40.2 Å². The molecule has 0 unspecified atom stereocenters. The molecular formula is C19H32N4O2. The number of amides is 1. The van der Waals surface area contributed by atoms with E-state index in [2.05, 4.69) is 15.6 Å². The predicted octanol–water partition coefficient (Wildman–Crippen LogP) is 3.00. The van der Waals surface area contributed by atoms with Crippen molar-refractivity contribution in [3.05, 3.63) is 35.9 Å². The molecule has 25 heavy (non-hydrogen) atoms. The van der Waals surface area contributed by atoms with Crippen molar-refractivity contribution in [2.75, 3.05) is 20.6 Å². The first-order chi connectivity index (χ1) is 11.5. The third-order valence-electron chi connectivity index (χ3n) is 3.21. The average molecular weight is 348 g/mol. The molecule has 0 saturated carbocycles. The monoisotopic (exact) mass is 348 g/mol. The molecule has 0 fully saturated rings. The Labute approximate surface area is 151 Å². The van der Waals surface area contributed by atoms with E-state index in [1.165, 1.54) is 0 Å². The second-order valence-electron chi connectivity index (χ2n) is 7.88. The molecule has 0 aromatic heterocycles. The topological polar surface area (TPSA) is 66.0 Å². The van der Waals surface area contributed by atoms with Gasteiger partial charge in [0.05, 0.1) is 12.1 Å². The van der Waals surface area contributed by atoms with Crippen molar-refractivity contribution in [1.29, 1.82) is 0 Å². The van der Waals surface area contributed by atoms with Crippen molar-refractivity contribution in [3.8, 4) is 0 Å². The van der Waals surface area contributed by atoms with E-state index >= 15 is 0 Å². The van der Waals surface area contributed by atoms with Crippen LogP contribution in [0.3, 0.4) is 0 Å². The third kappa shape index (κ3) is 8.98. The molecule has 1 amide bonds. The summed E-state index contributed by atoms with van der Waals surface area (Å²) in [5.74, 6) is 0.767. The quantitative estimate of drug-likeness (QED) is 0.634. The highest BCUT2D eigenvalue weighted by molar-refractivity contribution is 5.79. The van der Waals surface area contributed by atoms with E-state index in [0.717, 1.165) is 11.5 Å². The summed E-state index contributed by atoms with van der Waals surface area (Å²) in [5.41, 5.74) is 0.153. The zero-order valence-corrected chi connectivity index (χ0v) is 16.5. The molecular weight excluding hydrogens is 316 g/mol. The minimum Gasteiger partial charge on any atom is -0.444 e. The Kier molecular flexibility index (Phi) is 7.27. The number of benzene rings is 1. The molecule has 6 heteroatoms. The van der Waals surface area contributed by atoms with Crippen LogP contribution in [0.25, 0.3) is 0 Å². The summed E-state index contributed by atoms with van der Waals surface area (Å²) >= 11 is 0. The second-order valence-corrected chi connectivity index (χ2v) is 7.88. The fraction of sp³-hybridized carbons (Fsp3) is 0.579. The van der Waals surface area contributed by atoms with Crippen LogP contribution in [-0.4, -0.2) is 48.7 Å². The number of ether oxygens (including phenoxy) is 1. The lowest BCUT2D eigenvalue weighted by Crippen LogP contribution is -2.54. The molecule has 0 aliphatic heterocycles. The molecule has 1 aromatic rings. The smallest absolute Gasteiger partial charge is 0.408 e. The minimum absolute atomic E-state index is 0.424. The predicted molar refractivity (Wildman–Crippen MR) is 103 cm³/mol. The summed E-state index contributed by atoms with van der Waals surface area (Å²) < 4.78 is 5.31. The Bertz CT molecular complexity index is 575. The number of aliphatic imine (C=N–C) groups is 1. The molecule has 140 valence electrons. The fourth-order valence-electron chi connectivity index (χ4n) is 2.03. The number of alkyl carbamates (subject to hydrolysis) is 1. The van der Waals surface area contributed by atoms with E-state index in [9.17, 15) is 4.79 Å². The van der Waals surface area contributed by atoms with Crippen LogP contribution < -0.4 is 10.6 Å². The number of guanidine groups is 1. The van der Waals surface area contributed by atoms with Crippen LogP contribution in [0.15, 0.2) is 35.3 Å². The standard InChI is InChI=1S/C19H32N4O2/c1-18(2,3)25-17(24)22-19(4,5)14-21-16(23(6)7)20-13-15-11-9-8-10-12-15/h8-12H,13-14H2,1-7H3,(H,20,21)(H,22,24). The molecule has 0 saturated heterocycles. The van der Waals surface area contributed by atoms with Gasteiger partial charge in [-0.2, -0.15) is 0 Å². The first kappa shape index (κ1) is 20.8. The molecule has 2 N–H and O–H groups in total. The average Bonchev–Trinajstić information content (AvgIpc) is 2.45. The van der Waals surface area contributed by atoms with Gasteiger partial charge in [0.2, 0.25) is 0 Å². The molecule has 0 radical (unpaired) electrons. The van der Waals surface area contributed by atoms with Crippen molar-refractivity contribution < 1.29 is 9.53 Å². The first-order valence-electron chi connectivity index (χ1n) is 8.49. The Hall–Kier alpha value is -2.24. The maximum atomic E-state index is 12.0. The van der Waals surface area contributed by atoms with Crippen LogP contribution in [0.4, 0.5) is 4.79 Å². The van der Waals surface area contributed by atoms with Crippen LogP contribution in [0.5, 0.6) is 0 Å². The number of hydrogen-bond donors (Lipinski definition) is 2. The van der Waals surface area contributed by atoms with Crippen LogP contribution in [0.2, 0.25) is 0 Å². The summed E-state index contributed by atoms with van der Waals surface area (Å²) in [6, 6.07) is 10.1. The van der Waals surface area contributed by atoms with E-state index in [1.54, 1.807) is 0 Å². The molecule has 1 aromatic carbocycles. The summed E-state index contributed by atoms with van der Waals surface area (Å²) in [4.78, 5) is 18.5. The van der Waals surface area contributed by atoms with E-state index < -0.39 is 17.2 Å². The van der Waals surface area contributed by atoms with Gasteiger partial charge in [0.1, 0.15) is 5.60 Å². The lowest BCUT2D eigenvalue weighted by Gasteiger charge is -2.30. The number of carbonyl (C=O) groups is 1. The van der Waals surface area contributed by atoms with Crippen LogP contribution in [0.1, 0.15) is 40.2 Å². The summed E-state index contributed by atoms with van der Waals surface area (Å²) in [7, 11) is 3.87. The van der Waals surface area contributed by atoms with Gasteiger partial charge in [0.15, 0.2) is 5.96 Å². The van der Waals surface area contributed by atoms with Crippen LogP contribution in [0, 0.1) is 0 Å². The molecule has 0 bridgehead atoms. The van der Waals surface area contributed by atoms with Crippen LogP contribution in [-0.2, 0) is 11.3 Å². The summed E-state index contributed by atoms with van der Waals surface area (Å²) in [5, 5.41) is 6.19. The molecule has 1 rings (SSSR count). The highest BCUT2D eigenvalue weighted by atomic mass is 16.6. The van der Waals surface area contributed by atoms with Crippen molar-refractivity contribution in [1.82, 2.24) is 15.5 Å². The Morgan fingerprint density at radius 2 is 1.72 bits per heavy atom. The number of nitrogens with zero attached hydrogens (tertiary/aromatic N) is 2. The maximum Gasteiger partial charge on any atom is 0.408 e. The van der Waals surface area contributed by atoms with Crippen molar-refractivity contribution in [2.45, 2.75) is 52.3 Å². The van der Waals surface area contributed by atoms with Gasteiger partial charge in [-0.3, -0.25) is 0 Å². The normalized spacial score (nSPS) is 12.5. The lowest BCUT2D eigenvalue weighted by molar-refractivity contribution is 0.0474. The molecule has 0 aliphatic rings. The molecule has 0 spiro atoms. The van der Waals surface area contributed by atoms with Gasteiger partial charge >= 0.3 is 6.09 Å². The Morgan fingerprint density at radius 1 is 1.12 bits per heavy atom. The number of nitrogens with one attached hydrogen (secondary N) is 2. The van der Waals surface area contributed by atoms with Gasteiger partial charge in [0.25, 0.3) is 0 Å². The minimum atomic E-state index is -0.514. The van der Waals surface area contributed by atoms with E-state index in [-0.39, 0.29) is 0 Å². The number of hydrogen-bond acceptors (Lipinski definition) is 3. The highest BCUT2D eigenvalue weighted by Crippen LogP contribution is 2.09. The van der Waals surface area contributed by atoms with Gasteiger partial charge in [-0.15, -0.1) is 0 Å². The Morgan fingerprint density at radius 3 is 2.24 bits per heavy atom. The van der Waals surface area contributed by atoms with Gasteiger partial charge in [0, 0.05) is 20.6 Å². The lowest BCUT2D eigenvalue weighted by atomic mass is 10.1. The fourth-order valence-corrected chi connectivity index (χ4v) is 2.03. The first-order valence-corrected chi connectivity index (χ1v) is 8.49. The zero-order valence-electron chi connectivity index (χ0n) is 16.5. The Balaban J connectivity index is 2.62. The van der Waals surface area contributed by atoms with Gasteiger partial charge in [-0.1, -0.05) is 30.3 Å². The van der Waals surface area contributed by atoms with Crippen LogP contribution >= 0.6 is 0 Å². The SMILES string of the molecule is CN(C)C(=NCc1ccccc1)NCC(C)(C)NC(=O)OC(C)(C)C. The van der Waals surface area contributed by atoms with Crippen molar-refractivity contribution >= 4 is 12.1 Å². The largest absolute Gasteiger partial charge is 0.444 e. The van der Waals surface area contributed by atoms with Gasteiger partial charge in [-0.25, -0.2) is 9.79 Å². The molecule has 0 aliphatic carbocycles. The number of carbonyl (C=O) groups excluding carboxylic acids is 1. The number of rotatable bonds is 5. The maximum absolute atomic E-state index is 12.0. The van der Waals surface area contributed by atoms with E-state index in [4.69, 9.17) is 4.74 Å². The summed E-state index contributed by atoms with van der Waals surface area (Å²) in [6.07, 6.45) is -0.424. The second kappa shape index (κ2) is 8.74. The highest BCUT2D eigenvalue weighted by Gasteiger charge is 2.25. The van der Waals surface area contributed by atoms with Crippen molar-refractivity contribution in [3.63, 3.8) is 0 Å². The molecule has 0 heterocycles. The van der Waals surface area contributed by atoms with E-state index in [1.807, 2.05) is 83.9 Å². The third-order valence-corrected chi connectivity index (χ3v) is 3.21. The zero-order chi connectivity index (χ0) is 19.1. The van der Waals surface area contributed by atoms with Crippen molar-refractivity contribution in [2.24, 2.45) is 4.99 Å². The molecule has 0 atom stereocenters. The van der Waals surface area contributed by atoms with Gasteiger partial charge < -0.3 is 20.3 Å². The summed E-state index contributed by atoms with van der Waals surface area (Å²) in [6.45, 7) is 10.5.